The van der Waals surface area contributed by atoms with Gasteiger partial charge in [0, 0.05) is 25.5 Å². The van der Waals surface area contributed by atoms with Gasteiger partial charge in [-0.2, -0.15) is 0 Å². The number of likely N-dealkylation sites (N-methyl/N-ethyl adjacent to an activating group) is 1. The number of nitrogens with zero attached hydrogens (tertiary/aromatic N) is 1. The number of carbonyl (C=O) groups excluding carboxylic acids is 3. The Hall–Kier alpha value is -3.15. The summed E-state index contributed by atoms with van der Waals surface area (Å²) in [6, 6.07) is 14.3. The molecule has 2 aromatic carbocycles. The van der Waals surface area contributed by atoms with E-state index in [4.69, 9.17) is 4.74 Å². The molecule has 0 fully saturated rings. The predicted octanol–water partition coefficient (Wildman–Crippen LogP) is 3.03. The van der Waals surface area contributed by atoms with Crippen LogP contribution in [0.4, 0.5) is 11.4 Å². The van der Waals surface area contributed by atoms with Gasteiger partial charge in [-0.05, 0) is 18.6 Å². The highest BCUT2D eigenvalue weighted by atomic mass is 16.5. The lowest BCUT2D eigenvalue weighted by Gasteiger charge is -2.27. The number of nitrogens with one attached hydrogen (secondary N) is 1. The molecule has 1 N–H and O–H groups in total. The van der Waals surface area contributed by atoms with E-state index in [1.54, 1.807) is 37.4 Å². The second kappa shape index (κ2) is 7.82. The highest BCUT2D eigenvalue weighted by molar-refractivity contribution is 6.01. The average Bonchev–Trinajstić information content (AvgIpc) is 2.66. The van der Waals surface area contributed by atoms with Crippen LogP contribution in [0.1, 0.15) is 29.6 Å². The van der Waals surface area contributed by atoms with Crippen molar-refractivity contribution in [2.45, 2.75) is 19.3 Å². The smallest absolute Gasteiger partial charge is 0.264 e. The lowest BCUT2D eigenvalue weighted by molar-refractivity contribution is -0.121. The fraction of sp³-hybridized carbons (Fsp3) is 0.250. The van der Waals surface area contributed by atoms with Crippen LogP contribution < -0.4 is 15.0 Å². The van der Waals surface area contributed by atoms with Crippen LogP contribution >= 0.6 is 0 Å². The van der Waals surface area contributed by atoms with Gasteiger partial charge in [-0.3, -0.25) is 14.4 Å². The number of Topliss-reactive ketones (excluding diaryl/α,β-unsaturated/α-hetero) is 1. The number of fused-ring (bicyclic) bond motifs is 1. The lowest BCUT2D eigenvalue weighted by Crippen LogP contribution is -2.35. The highest BCUT2D eigenvalue weighted by Gasteiger charge is 2.24. The van der Waals surface area contributed by atoms with E-state index in [0.717, 1.165) is 0 Å². The summed E-state index contributed by atoms with van der Waals surface area (Å²) in [6.45, 7) is -0.0536. The first-order valence-electron chi connectivity index (χ1n) is 8.46. The third kappa shape index (κ3) is 3.91. The predicted molar refractivity (Wildman–Crippen MR) is 98.6 cm³/mol. The molecule has 0 saturated carbocycles. The van der Waals surface area contributed by atoms with Crippen molar-refractivity contribution in [1.29, 1.82) is 0 Å². The van der Waals surface area contributed by atoms with E-state index in [-0.39, 0.29) is 30.6 Å². The number of anilines is 2. The van der Waals surface area contributed by atoms with Crippen molar-refractivity contribution in [2.24, 2.45) is 0 Å². The summed E-state index contributed by atoms with van der Waals surface area (Å²) in [5, 5.41) is 2.81. The maximum Gasteiger partial charge on any atom is 0.264 e. The monoisotopic (exact) mass is 352 g/mol. The molecule has 6 nitrogen and oxygen atoms in total. The molecule has 2 amide bonds. The minimum absolute atomic E-state index is 0.0268. The van der Waals surface area contributed by atoms with Crippen molar-refractivity contribution < 1.29 is 19.1 Å². The molecule has 1 heterocycles. The Morgan fingerprint density at radius 3 is 2.62 bits per heavy atom. The van der Waals surface area contributed by atoms with Gasteiger partial charge in [-0.15, -0.1) is 0 Å². The molecule has 2 aromatic rings. The summed E-state index contributed by atoms with van der Waals surface area (Å²) < 4.78 is 5.48. The van der Waals surface area contributed by atoms with Gasteiger partial charge in [0.25, 0.3) is 5.91 Å². The first-order valence-corrected chi connectivity index (χ1v) is 8.46. The molecule has 1 aliphatic rings. The number of ketones is 1. The van der Waals surface area contributed by atoms with Gasteiger partial charge in [0.2, 0.25) is 5.91 Å². The second-order valence-electron chi connectivity index (χ2n) is 6.09. The number of rotatable bonds is 6. The molecular weight excluding hydrogens is 332 g/mol. The van der Waals surface area contributed by atoms with Gasteiger partial charge >= 0.3 is 0 Å². The molecule has 0 spiro atoms. The SMILES string of the molecule is CN1C(=O)COc2c(NC(=O)CCCC(=O)c3ccccc3)cccc21. The van der Waals surface area contributed by atoms with Crippen LogP contribution in [0, 0.1) is 0 Å². The van der Waals surface area contributed by atoms with Gasteiger partial charge in [0.1, 0.15) is 0 Å². The van der Waals surface area contributed by atoms with Crippen molar-refractivity contribution >= 4 is 29.0 Å². The Morgan fingerprint density at radius 2 is 1.85 bits per heavy atom. The minimum atomic E-state index is -0.192. The average molecular weight is 352 g/mol. The third-order valence-corrected chi connectivity index (χ3v) is 4.25. The Bertz CT molecular complexity index is 833. The fourth-order valence-corrected chi connectivity index (χ4v) is 2.79. The first kappa shape index (κ1) is 17.7. The van der Waals surface area contributed by atoms with Gasteiger partial charge in [0.05, 0.1) is 11.4 Å². The fourth-order valence-electron chi connectivity index (χ4n) is 2.79. The van der Waals surface area contributed by atoms with E-state index >= 15 is 0 Å². The van der Waals surface area contributed by atoms with Crippen molar-refractivity contribution in [3.8, 4) is 5.75 Å². The first-order chi connectivity index (χ1) is 12.6. The molecule has 134 valence electrons. The molecule has 1 aliphatic heterocycles. The molecule has 3 rings (SSSR count). The summed E-state index contributed by atoms with van der Waals surface area (Å²) in [6.07, 6.45) is 1.02. The van der Waals surface area contributed by atoms with Crippen LogP contribution in [-0.4, -0.2) is 31.3 Å². The molecule has 0 atom stereocenters. The highest BCUT2D eigenvalue weighted by Crippen LogP contribution is 2.38. The molecule has 6 heteroatoms. The van der Waals surface area contributed by atoms with E-state index in [1.165, 1.54) is 4.90 Å². The quantitative estimate of drug-likeness (QED) is 0.811. The number of amides is 2. The second-order valence-corrected chi connectivity index (χ2v) is 6.09. The Kier molecular flexibility index (Phi) is 5.31. The number of para-hydroxylation sites is 1. The summed E-state index contributed by atoms with van der Waals surface area (Å²) in [5.41, 5.74) is 1.81. The zero-order valence-corrected chi connectivity index (χ0v) is 14.5. The van der Waals surface area contributed by atoms with Crippen molar-refractivity contribution in [3.63, 3.8) is 0 Å². The topological polar surface area (TPSA) is 75.7 Å². The zero-order valence-electron chi connectivity index (χ0n) is 14.5. The number of hydrogen-bond acceptors (Lipinski definition) is 4. The van der Waals surface area contributed by atoms with E-state index in [0.29, 0.717) is 35.5 Å². The number of hydrogen-bond donors (Lipinski definition) is 1. The minimum Gasteiger partial charge on any atom is -0.479 e. The molecule has 0 bridgehead atoms. The van der Waals surface area contributed by atoms with E-state index in [2.05, 4.69) is 5.32 Å². The maximum absolute atomic E-state index is 12.2. The van der Waals surface area contributed by atoms with Gasteiger partial charge < -0.3 is 15.0 Å². The van der Waals surface area contributed by atoms with E-state index in [1.807, 2.05) is 18.2 Å². The molecule has 0 radical (unpaired) electrons. The van der Waals surface area contributed by atoms with Gasteiger partial charge in [0.15, 0.2) is 18.1 Å². The van der Waals surface area contributed by atoms with Crippen molar-refractivity contribution in [2.75, 3.05) is 23.9 Å². The van der Waals surface area contributed by atoms with Crippen molar-refractivity contribution in [3.05, 3.63) is 54.1 Å². The molecule has 0 aromatic heterocycles. The normalized spacial score (nSPS) is 13.0. The van der Waals surface area contributed by atoms with Crippen LogP contribution in [0.15, 0.2) is 48.5 Å². The van der Waals surface area contributed by atoms with Crippen LogP contribution in [0.5, 0.6) is 5.75 Å². The van der Waals surface area contributed by atoms with Gasteiger partial charge in [-0.25, -0.2) is 0 Å². The number of ether oxygens (including phenoxy) is 1. The van der Waals surface area contributed by atoms with E-state index in [9.17, 15) is 14.4 Å². The largest absolute Gasteiger partial charge is 0.479 e. The third-order valence-electron chi connectivity index (χ3n) is 4.25. The molecule has 0 unspecified atom stereocenters. The van der Waals surface area contributed by atoms with E-state index < -0.39 is 0 Å². The Morgan fingerprint density at radius 1 is 1.08 bits per heavy atom. The molecular formula is C20H20N2O4. The molecule has 0 saturated heterocycles. The standard InChI is InChI=1S/C20H20N2O4/c1-22-16-10-5-9-15(20(16)26-13-19(22)25)21-18(24)12-6-11-17(23)14-7-3-2-4-8-14/h2-5,7-10H,6,11-13H2,1H3,(H,21,24). The summed E-state index contributed by atoms with van der Waals surface area (Å²) in [5.74, 6) is 0.185. The van der Waals surface area contributed by atoms with Crippen molar-refractivity contribution in [1.82, 2.24) is 0 Å². The zero-order chi connectivity index (χ0) is 18.5. The molecule has 0 aliphatic carbocycles. The van der Waals surface area contributed by atoms with Crippen LogP contribution in [0.25, 0.3) is 0 Å². The summed E-state index contributed by atoms with van der Waals surface area (Å²) in [7, 11) is 1.67. The number of benzene rings is 2. The molecule has 26 heavy (non-hydrogen) atoms. The Balaban J connectivity index is 1.56. The lowest BCUT2D eigenvalue weighted by atomic mass is 10.1. The maximum atomic E-state index is 12.2. The van der Waals surface area contributed by atoms with Crippen LogP contribution in [0.3, 0.4) is 0 Å². The summed E-state index contributed by atoms with van der Waals surface area (Å²) in [4.78, 5) is 37.5. The number of carbonyl (C=O) groups is 3. The Labute approximate surface area is 151 Å². The van der Waals surface area contributed by atoms with Gasteiger partial charge in [-0.1, -0.05) is 36.4 Å². The van der Waals surface area contributed by atoms with Crippen LogP contribution in [-0.2, 0) is 9.59 Å². The summed E-state index contributed by atoms with van der Waals surface area (Å²) >= 11 is 0. The van der Waals surface area contributed by atoms with Crippen LogP contribution in [0.2, 0.25) is 0 Å².